The molecule has 4 heteroatoms. The minimum atomic E-state index is -0.338. The predicted octanol–water partition coefficient (Wildman–Crippen LogP) is 1.19. The van der Waals surface area contributed by atoms with Crippen LogP contribution in [0.4, 0.5) is 4.39 Å². The zero-order valence-corrected chi connectivity index (χ0v) is 7.22. The van der Waals surface area contributed by atoms with Gasteiger partial charge in [-0.3, -0.25) is 0 Å². The molecular weight excluding hydrogens is 177 g/mol. The summed E-state index contributed by atoms with van der Waals surface area (Å²) >= 11 is 1.31. The number of hydrogen-bond donors (Lipinski definition) is 2. The molecule has 0 saturated heterocycles. The van der Waals surface area contributed by atoms with Crippen molar-refractivity contribution in [2.24, 2.45) is 5.73 Å². The Labute approximate surface area is 74.6 Å². The molecule has 1 atom stereocenters. The molecule has 0 bridgehead atoms. The summed E-state index contributed by atoms with van der Waals surface area (Å²) in [5, 5.41) is 8.29. The van der Waals surface area contributed by atoms with Gasteiger partial charge < -0.3 is 10.8 Å². The molecule has 0 saturated carbocycles. The van der Waals surface area contributed by atoms with E-state index >= 15 is 0 Å². The van der Waals surface area contributed by atoms with E-state index in [-0.39, 0.29) is 17.8 Å². The van der Waals surface area contributed by atoms with Gasteiger partial charge in [-0.2, -0.15) is 0 Å². The molecule has 0 heterocycles. The average molecular weight is 187 g/mol. The Morgan fingerprint density at radius 2 is 2.00 bits per heavy atom. The van der Waals surface area contributed by atoms with E-state index in [0.717, 1.165) is 4.90 Å². The quantitative estimate of drug-likeness (QED) is 0.552. The number of thioether (sulfide) groups is 1. The van der Waals surface area contributed by atoms with E-state index in [1.807, 2.05) is 0 Å². The van der Waals surface area contributed by atoms with Crippen molar-refractivity contribution in [1.82, 2.24) is 0 Å². The zero-order valence-electron chi connectivity index (χ0n) is 6.40. The van der Waals surface area contributed by atoms with E-state index in [1.165, 1.54) is 23.9 Å². The van der Waals surface area contributed by atoms with Crippen LogP contribution in [0.25, 0.3) is 0 Å². The Kier molecular flexibility index (Phi) is 3.52. The summed E-state index contributed by atoms with van der Waals surface area (Å²) in [6.45, 7) is -0.0813. The van der Waals surface area contributed by atoms with Crippen molar-refractivity contribution in [3.63, 3.8) is 0 Å². The minimum Gasteiger partial charge on any atom is -0.394 e. The Hall–Kier alpha value is -0.580. The maximum absolute atomic E-state index is 12.4. The first-order valence-electron chi connectivity index (χ1n) is 3.51. The highest BCUT2D eigenvalue weighted by molar-refractivity contribution is 7.99. The molecule has 1 rings (SSSR count). The largest absolute Gasteiger partial charge is 0.394 e. The second-order valence-corrected chi connectivity index (χ2v) is 3.61. The van der Waals surface area contributed by atoms with Crippen LogP contribution in [0.1, 0.15) is 0 Å². The first-order chi connectivity index (χ1) is 5.72. The monoisotopic (exact) mass is 187 g/mol. The fourth-order valence-corrected chi connectivity index (χ4v) is 1.44. The highest BCUT2D eigenvalue weighted by atomic mass is 32.2. The van der Waals surface area contributed by atoms with Crippen LogP contribution in [-0.4, -0.2) is 17.1 Å². The van der Waals surface area contributed by atoms with Gasteiger partial charge in [0.2, 0.25) is 0 Å². The lowest BCUT2D eigenvalue weighted by atomic mass is 10.4. The molecule has 0 aromatic heterocycles. The van der Waals surface area contributed by atoms with Crippen LogP contribution in [0.5, 0.6) is 0 Å². The number of aliphatic hydroxyl groups excluding tert-OH is 1. The molecule has 0 aliphatic carbocycles. The minimum absolute atomic E-state index is 0.0813. The number of benzene rings is 1. The Balaban J connectivity index is 2.58. The lowest BCUT2D eigenvalue weighted by molar-refractivity contribution is 0.296. The molecule has 0 aliphatic rings. The Morgan fingerprint density at radius 1 is 1.42 bits per heavy atom. The van der Waals surface area contributed by atoms with E-state index in [4.69, 9.17) is 10.8 Å². The molecule has 3 N–H and O–H groups in total. The lowest BCUT2D eigenvalue weighted by Crippen LogP contribution is -2.19. The summed E-state index contributed by atoms with van der Waals surface area (Å²) in [6.07, 6.45) is 0. The maximum atomic E-state index is 12.4. The molecule has 1 unspecified atom stereocenters. The molecule has 0 fully saturated rings. The van der Waals surface area contributed by atoms with Crippen molar-refractivity contribution < 1.29 is 9.50 Å². The standard InChI is InChI=1S/C8H10FNOS/c9-6-1-3-7(4-2-6)12-8(10)5-11/h1-4,8,11H,5,10H2. The van der Waals surface area contributed by atoms with Crippen LogP contribution in [0.2, 0.25) is 0 Å². The van der Waals surface area contributed by atoms with E-state index in [9.17, 15) is 4.39 Å². The Morgan fingerprint density at radius 3 is 2.50 bits per heavy atom. The fourth-order valence-electron chi connectivity index (χ4n) is 0.725. The van der Waals surface area contributed by atoms with Crippen LogP contribution in [-0.2, 0) is 0 Å². The second kappa shape index (κ2) is 4.45. The van der Waals surface area contributed by atoms with Gasteiger partial charge in [-0.25, -0.2) is 4.39 Å². The third kappa shape index (κ3) is 2.81. The number of rotatable bonds is 3. The normalized spacial score (nSPS) is 12.9. The van der Waals surface area contributed by atoms with Gasteiger partial charge in [-0.05, 0) is 24.3 Å². The number of halogens is 1. The Bertz CT molecular complexity index is 239. The molecule has 66 valence electrons. The van der Waals surface area contributed by atoms with E-state index in [0.29, 0.717) is 0 Å². The van der Waals surface area contributed by atoms with Crippen molar-refractivity contribution in [1.29, 1.82) is 0 Å². The van der Waals surface area contributed by atoms with Crippen molar-refractivity contribution in [3.05, 3.63) is 30.1 Å². The van der Waals surface area contributed by atoms with Crippen molar-refractivity contribution in [2.75, 3.05) is 6.61 Å². The van der Waals surface area contributed by atoms with Gasteiger partial charge in [0.05, 0.1) is 12.0 Å². The lowest BCUT2D eigenvalue weighted by Gasteiger charge is -2.06. The van der Waals surface area contributed by atoms with Gasteiger partial charge in [0.25, 0.3) is 0 Å². The van der Waals surface area contributed by atoms with Crippen LogP contribution >= 0.6 is 11.8 Å². The summed E-state index contributed by atoms with van der Waals surface area (Å²) in [4.78, 5) is 0.859. The third-order valence-corrected chi connectivity index (χ3v) is 2.28. The first-order valence-corrected chi connectivity index (χ1v) is 4.39. The molecule has 2 nitrogen and oxygen atoms in total. The molecule has 0 spiro atoms. The van der Waals surface area contributed by atoms with Crippen molar-refractivity contribution >= 4 is 11.8 Å². The topological polar surface area (TPSA) is 46.2 Å². The molecule has 12 heavy (non-hydrogen) atoms. The van der Waals surface area contributed by atoms with Crippen LogP contribution in [0.15, 0.2) is 29.2 Å². The molecular formula is C8H10FNOS. The van der Waals surface area contributed by atoms with Crippen molar-refractivity contribution in [2.45, 2.75) is 10.3 Å². The summed E-state index contributed by atoms with van der Waals surface area (Å²) in [6, 6.07) is 6.00. The van der Waals surface area contributed by atoms with Gasteiger partial charge in [-0.1, -0.05) is 0 Å². The van der Waals surface area contributed by atoms with E-state index in [1.54, 1.807) is 12.1 Å². The molecule has 0 radical (unpaired) electrons. The number of aliphatic hydroxyl groups is 1. The van der Waals surface area contributed by atoms with Crippen LogP contribution < -0.4 is 5.73 Å². The summed E-state index contributed by atoms with van der Waals surface area (Å²) in [5.41, 5.74) is 5.46. The molecule has 0 amide bonds. The number of hydrogen-bond acceptors (Lipinski definition) is 3. The van der Waals surface area contributed by atoms with E-state index < -0.39 is 0 Å². The van der Waals surface area contributed by atoms with Gasteiger partial charge in [-0.15, -0.1) is 11.8 Å². The first kappa shape index (κ1) is 9.51. The van der Waals surface area contributed by atoms with Gasteiger partial charge in [0, 0.05) is 4.90 Å². The average Bonchev–Trinajstić information content (AvgIpc) is 2.09. The highest BCUT2D eigenvalue weighted by Crippen LogP contribution is 2.20. The van der Waals surface area contributed by atoms with Gasteiger partial charge in [0.1, 0.15) is 5.82 Å². The van der Waals surface area contributed by atoms with Crippen molar-refractivity contribution in [3.8, 4) is 0 Å². The van der Waals surface area contributed by atoms with Crippen LogP contribution in [0.3, 0.4) is 0 Å². The summed E-state index contributed by atoms with van der Waals surface area (Å²) in [5.74, 6) is -0.267. The molecule has 1 aromatic carbocycles. The SMILES string of the molecule is NC(CO)Sc1ccc(F)cc1. The number of nitrogens with two attached hydrogens (primary N) is 1. The van der Waals surface area contributed by atoms with Crippen LogP contribution in [0, 0.1) is 5.82 Å². The van der Waals surface area contributed by atoms with Gasteiger partial charge in [0.15, 0.2) is 0 Å². The maximum Gasteiger partial charge on any atom is 0.123 e. The predicted molar refractivity (Wildman–Crippen MR) is 47.3 cm³/mol. The molecule has 0 aliphatic heterocycles. The highest BCUT2D eigenvalue weighted by Gasteiger charge is 2.01. The summed E-state index contributed by atoms with van der Waals surface area (Å²) < 4.78 is 12.4. The second-order valence-electron chi connectivity index (χ2n) is 2.29. The summed E-state index contributed by atoms with van der Waals surface area (Å²) in [7, 11) is 0. The van der Waals surface area contributed by atoms with Gasteiger partial charge >= 0.3 is 0 Å². The van der Waals surface area contributed by atoms with E-state index in [2.05, 4.69) is 0 Å². The third-order valence-electron chi connectivity index (χ3n) is 1.28. The fraction of sp³-hybridized carbons (Fsp3) is 0.250. The smallest absolute Gasteiger partial charge is 0.123 e. The zero-order chi connectivity index (χ0) is 8.97. The molecule has 1 aromatic rings.